The number of carbonyl (C=O) groups is 1. The van der Waals surface area contributed by atoms with Crippen molar-refractivity contribution in [3.05, 3.63) is 12.7 Å². The summed E-state index contributed by atoms with van der Waals surface area (Å²) in [6.45, 7) is 9.29. The minimum Gasteiger partial charge on any atom is -0.339 e. The molecule has 96 valence electrons. The van der Waals surface area contributed by atoms with E-state index >= 15 is 0 Å². The lowest BCUT2D eigenvalue weighted by molar-refractivity contribution is -0.134. The van der Waals surface area contributed by atoms with Crippen LogP contribution in [0, 0.1) is 0 Å². The topological polar surface area (TPSA) is 35.6 Å². The van der Waals surface area contributed by atoms with Gasteiger partial charge in [0.15, 0.2) is 0 Å². The highest BCUT2D eigenvalue weighted by atomic mass is 32.2. The molecule has 2 rings (SSSR count). The molecule has 2 aliphatic heterocycles. The van der Waals surface area contributed by atoms with Crippen LogP contribution in [0.3, 0.4) is 0 Å². The van der Waals surface area contributed by atoms with E-state index in [-0.39, 0.29) is 11.9 Å². The molecule has 0 radical (unpaired) electrons. The van der Waals surface area contributed by atoms with Crippen LogP contribution in [0.2, 0.25) is 0 Å². The molecule has 4 nitrogen and oxygen atoms in total. The van der Waals surface area contributed by atoms with Crippen LogP contribution in [0.1, 0.15) is 0 Å². The second kappa shape index (κ2) is 6.42. The Morgan fingerprint density at radius 3 is 2.76 bits per heavy atom. The summed E-state index contributed by atoms with van der Waals surface area (Å²) >= 11 is 1.87. The molecule has 2 heterocycles. The fourth-order valence-corrected chi connectivity index (χ4v) is 3.20. The number of piperazine rings is 1. The number of rotatable bonds is 3. The van der Waals surface area contributed by atoms with Gasteiger partial charge < -0.3 is 10.2 Å². The lowest BCUT2D eigenvalue weighted by atomic mass is 10.2. The van der Waals surface area contributed by atoms with Gasteiger partial charge in [-0.25, -0.2) is 0 Å². The minimum absolute atomic E-state index is 0.0414. The summed E-state index contributed by atoms with van der Waals surface area (Å²) in [5.74, 6) is 2.33. The first-order valence-electron chi connectivity index (χ1n) is 6.24. The smallest absolute Gasteiger partial charge is 0.240 e. The lowest BCUT2D eigenvalue weighted by Crippen LogP contribution is -2.56. The SMILES string of the molecule is C=CCN1CCN(C(=O)C2CSCCN2)CC1. The predicted molar refractivity (Wildman–Crippen MR) is 72.3 cm³/mol. The van der Waals surface area contributed by atoms with E-state index in [0.717, 1.165) is 50.8 Å². The summed E-state index contributed by atoms with van der Waals surface area (Å²) in [5.41, 5.74) is 0. The van der Waals surface area contributed by atoms with Crippen LogP contribution in [-0.2, 0) is 4.79 Å². The van der Waals surface area contributed by atoms with Gasteiger partial charge in [-0.2, -0.15) is 11.8 Å². The monoisotopic (exact) mass is 255 g/mol. The van der Waals surface area contributed by atoms with E-state index in [9.17, 15) is 4.79 Å². The van der Waals surface area contributed by atoms with Crippen molar-refractivity contribution in [1.29, 1.82) is 0 Å². The van der Waals surface area contributed by atoms with Gasteiger partial charge in [0, 0.05) is 50.8 Å². The maximum atomic E-state index is 12.2. The van der Waals surface area contributed by atoms with Crippen molar-refractivity contribution < 1.29 is 4.79 Å². The molecule has 0 aromatic carbocycles. The molecular weight excluding hydrogens is 234 g/mol. The highest BCUT2D eigenvalue weighted by Crippen LogP contribution is 2.11. The van der Waals surface area contributed by atoms with Crippen LogP contribution < -0.4 is 5.32 Å². The second-order valence-corrected chi connectivity index (χ2v) is 5.65. The number of carbonyl (C=O) groups excluding carboxylic acids is 1. The van der Waals surface area contributed by atoms with Crippen molar-refractivity contribution in [2.24, 2.45) is 0 Å². The van der Waals surface area contributed by atoms with Crippen molar-refractivity contribution in [2.45, 2.75) is 6.04 Å². The van der Waals surface area contributed by atoms with Gasteiger partial charge in [0.05, 0.1) is 6.04 Å². The van der Waals surface area contributed by atoms with E-state index in [1.165, 1.54) is 0 Å². The summed E-state index contributed by atoms with van der Waals surface area (Å²) in [6, 6.07) is 0.0414. The molecule has 0 spiro atoms. The molecule has 0 aromatic rings. The highest BCUT2D eigenvalue weighted by molar-refractivity contribution is 7.99. The molecule has 0 aliphatic carbocycles. The fraction of sp³-hybridized carbons (Fsp3) is 0.750. The average molecular weight is 255 g/mol. The van der Waals surface area contributed by atoms with E-state index < -0.39 is 0 Å². The van der Waals surface area contributed by atoms with Gasteiger partial charge in [-0.1, -0.05) is 6.08 Å². The third-order valence-corrected chi connectivity index (χ3v) is 4.35. The molecule has 1 unspecified atom stereocenters. The van der Waals surface area contributed by atoms with E-state index in [1.54, 1.807) is 0 Å². The van der Waals surface area contributed by atoms with Gasteiger partial charge in [0.25, 0.3) is 0 Å². The van der Waals surface area contributed by atoms with Crippen molar-refractivity contribution in [3.63, 3.8) is 0 Å². The van der Waals surface area contributed by atoms with Crippen LogP contribution >= 0.6 is 11.8 Å². The van der Waals surface area contributed by atoms with E-state index in [0.29, 0.717) is 0 Å². The average Bonchev–Trinajstić information content (AvgIpc) is 2.40. The Hall–Kier alpha value is -0.520. The van der Waals surface area contributed by atoms with Crippen molar-refractivity contribution in [1.82, 2.24) is 15.1 Å². The molecule has 2 saturated heterocycles. The van der Waals surface area contributed by atoms with Crippen molar-refractivity contribution >= 4 is 17.7 Å². The molecule has 2 fully saturated rings. The number of thioether (sulfide) groups is 1. The molecule has 1 atom stereocenters. The number of amides is 1. The Balaban J connectivity index is 1.79. The summed E-state index contributed by atoms with van der Waals surface area (Å²) in [7, 11) is 0. The molecule has 2 aliphatic rings. The van der Waals surface area contributed by atoms with E-state index in [2.05, 4.69) is 16.8 Å². The third kappa shape index (κ3) is 3.47. The third-order valence-electron chi connectivity index (χ3n) is 3.29. The van der Waals surface area contributed by atoms with E-state index in [1.807, 2.05) is 22.7 Å². The van der Waals surface area contributed by atoms with Crippen LogP contribution in [0.25, 0.3) is 0 Å². The van der Waals surface area contributed by atoms with Gasteiger partial charge in [-0.15, -0.1) is 6.58 Å². The summed E-state index contributed by atoms with van der Waals surface area (Å²) in [4.78, 5) is 16.6. The Kier molecular flexibility index (Phi) is 4.88. The number of hydrogen-bond donors (Lipinski definition) is 1. The molecule has 17 heavy (non-hydrogen) atoms. The second-order valence-electron chi connectivity index (χ2n) is 4.50. The molecule has 0 saturated carbocycles. The fourth-order valence-electron chi connectivity index (χ4n) is 2.28. The highest BCUT2D eigenvalue weighted by Gasteiger charge is 2.28. The largest absolute Gasteiger partial charge is 0.339 e. The van der Waals surface area contributed by atoms with Gasteiger partial charge in [-0.3, -0.25) is 9.69 Å². The predicted octanol–water partition coefficient (Wildman–Crippen LogP) is 0.0216. The van der Waals surface area contributed by atoms with Crippen LogP contribution in [0.4, 0.5) is 0 Å². The van der Waals surface area contributed by atoms with Crippen LogP contribution in [-0.4, -0.2) is 72.5 Å². The molecule has 1 N–H and O–H groups in total. The Morgan fingerprint density at radius 2 is 2.18 bits per heavy atom. The van der Waals surface area contributed by atoms with Crippen LogP contribution in [0.15, 0.2) is 12.7 Å². The zero-order chi connectivity index (χ0) is 12.1. The first kappa shape index (κ1) is 12.9. The standard InChI is InChI=1S/C12H21N3OS/c1-2-4-14-5-7-15(8-6-14)12(16)11-10-17-9-3-13-11/h2,11,13H,1,3-10H2. The van der Waals surface area contributed by atoms with Gasteiger partial charge >= 0.3 is 0 Å². The zero-order valence-electron chi connectivity index (χ0n) is 10.2. The molecular formula is C12H21N3OS. The normalized spacial score (nSPS) is 26.8. The quantitative estimate of drug-likeness (QED) is 0.721. The lowest BCUT2D eigenvalue weighted by Gasteiger charge is -2.36. The Labute approximate surface area is 107 Å². The Morgan fingerprint density at radius 1 is 1.41 bits per heavy atom. The van der Waals surface area contributed by atoms with Crippen molar-refractivity contribution in [3.8, 4) is 0 Å². The van der Waals surface area contributed by atoms with Gasteiger partial charge in [0.1, 0.15) is 0 Å². The summed E-state index contributed by atoms with van der Waals surface area (Å²) in [5, 5.41) is 3.31. The van der Waals surface area contributed by atoms with Gasteiger partial charge in [0.2, 0.25) is 5.91 Å². The Bertz CT molecular complexity index is 271. The first-order chi connectivity index (χ1) is 8.31. The van der Waals surface area contributed by atoms with Crippen LogP contribution in [0.5, 0.6) is 0 Å². The maximum absolute atomic E-state index is 12.2. The molecule has 0 aromatic heterocycles. The molecule has 5 heteroatoms. The van der Waals surface area contributed by atoms with E-state index in [4.69, 9.17) is 0 Å². The summed E-state index contributed by atoms with van der Waals surface area (Å²) in [6.07, 6.45) is 1.93. The maximum Gasteiger partial charge on any atom is 0.240 e. The van der Waals surface area contributed by atoms with Crippen molar-refractivity contribution in [2.75, 3.05) is 50.8 Å². The van der Waals surface area contributed by atoms with Gasteiger partial charge in [-0.05, 0) is 0 Å². The molecule has 0 bridgehead atoms. The summed E-state index contributed by atoms with van der Waals surface area (Å²) < 4.78 is 0. The molecule has 1 amide bonds. The number of hydrogen-bond acceptors (Lipinski definition) is 4. The minimum atomic E-state index is 0.0414. The first-order valence-corrected chi connectivity index (χ1v) is 7.40. The zero-order valence-corrected chi connectivity index (χ0v) is 11.0. The number of nitrogens with one attached hydrogen (secondary N) is 1. The number of nitrogens with zero attached hydrogens (tertiary/aromatic N) is 2.